The van der Waals surface area contributed by atoms with E-state index in [4.69, 9.17) is 0 Å². The molecule has 1 heterocycles. The molecular formula is C7H12N2S. The molecule has 0 atom stereocenters. The Labute approximate surface area is 65.3 Å². The zero-order valence-corrected chi connectivity index (χ0v) is 7.16. The first-order chi connectivity index (χ1) is 4.83. The van der Waals surface area contributed by atoms with Crippen LogP contribution in [0.2, 0.25) is 0 Å². The minimum Gasteiger partial charge on any atom is -0.319 e. The van der Waals surface area contributed by atoms with Crippen LogP contribution in [0.1, 0.15) is 10.7 Å². The molecule has 1 aromatic heterocycles. The molecule has 0 fully saturated rings. The highest BCUT2D eigenvalue weighted by Crippen LogP contribution is 2.07. The minimum atomic E-state index is 1.02. The number of nitrogens with one attached hydrogen (secondary N) is 1. The van der Waals surface area contributed by atoms with Crippen molar-refractivity contribution in [1.82, 2.24) is 10.3 Å². The fourth-order valence-corrected chi connectivity index (χ4v) is 1.42. The quantitative estimate of drug-likeness (QED) is 0.711. The van der Waals surface area contributed by atoms with Crippen molar-refractivity contribution >= 4 is 11.3 Å². The van der Waals surface area contributed by atoms with Gasteiger partial charge in [-0.3, -0.25) is 0 Å². The molecule has 3 heteroatoms. The Morgan fingerprint density at radius 1 is 1.70 bits per heavy atom. The standard InChI is InChI=1S/C7H12N2S/c1-6-9-7(5-10-6)3-4-8-2/h5,8H,3-4H2,1-2H3. The van der Waals surface area contributed by atoms with Gasteiger partial charge in [-0.15, -0.1) is 11.3 Å². The van der Waals surface area contributed by atoms with Crippen LogP contribution in [-0.4, -0.2) is 18.6 Å². The third-order valence-corrected chi connectivity index (χ3v) is 2.12. The summed E-state index contributed by atoms with van der Waals surface area (Å²) >= 11 is 1.72. The molecule has 1 aromatic rings. The van der Waals surface area contributed by atoms with Gasteiger partial charge in [-0.2, -0.15) is 0 Å². The molecular weight excluding hydrogens is 144 g/mol. The van der Waals surface area contributed by atoms with E-state index < -0.39 is 0 Å². The van der Waals surface area contributed by atoms with Gasteiger partial charge in [0.2, 0.25) is 0 Å². The summed E-state index contributed by atoms with van der Waals surface area (Å²) in [6.45, 7) is 3.05. The second-order valence-electron chi connectivity index (χ2n) is 2.21. The maximum absolute atomic E-state index is 4.33. The average molecular weight is 156 g/mol. The summed E-state index contributed by atoms with van der Waals surface area (Å²) in [7, 11) is 1.96. The Hall–Kier alpha value is -0.410. The predicted octanol–water partition coefficient (Wildman–Crippen LogP) is 1.21. The third-order valence-electron chi connectivity index (χ3n) is 1.30. The summed E-state index contributed by atoms with van der Waals surface area (Å²) < 4.78 is 0. The summed E-state index contributed by atoms with van der Waals surface area (Å²) in [5, 5.41) is 6.37. The number of hydrogen-bond acceptors (Lipinski definition) is 3. The molecule has 0 aliphatic rings. The number of rotatable bonds is 3. The van der Waals surface area contributed by atoms with Gasteiger partial charge < -0.3 is 5.32 Å². The molecule has 0 aromatic carbocycles. The summed E-state index contributed by atoms with van der Waals surface area (Å²) in [6.07, 6.45) is 1.04. The van der Waals surface area contributed by atoms with Crippen LogP contribution in [0.15, 0.2) is 5.38 Å². The van der Waals surface area contributed by atoms with Crippen molar-refractivity contribution in [2.45, 2.75) is 13.3 Å². The minimum absolute atomic E-state index is 1.02. The van der Waals surface area contributed by atoms with Crippen molar-refractivity contribution in [2.24, 2.45) is 0 Å². The van der Waals surface area contributed by atoms with Crippen LogP contribution < -0.4 is 5.32 Å². The maximum atomic E-state index is 4.33. The second kappa shape index (κ2) is 3.68. The molecule has 2 nitrogen and oxygen atoms in total. The van der Waals surface area contributed by atoms with E-state index in [0.29, 0.717) is 0 Å². The van der Waals surface area contributed by atoms with Crippen LogP contribution >= 0.6 is 11.3 Å². The molecule has 0 aliphatic carbocycles. The number of nitrogens with zero attached hydrogens (tertiary/aromatic N) is 1. The maximum Gasteiger partial charge on any atom is 0.0897 e. The Morgan fingerprint density at radius 3 is 3.00 bits per heavy atom. The summed E-state index contributed by atoms with van der Waals surface area (Å²) in [6, 6.07) is 0. The highest BCUT2D eigenvalue weighted by Gasteiger charge is 1.95. The van der Waals surface area contributed by atoms with Crippen LogP contribution in [0, 0.1) is 6.92 Å². The van der Waals surface area contributed by atoms with E-state index in [1.165, 1.54) is 5.69 Å². The summed E-state index contributed by atoms with van der Waals surface area (Å²) in [5.41, 5.74) is 1.21. The van der Waals surface area contributed by atoms with Crippen LogP contribution in [-0.2, 0) is 6.42 Å². The molecule has 1 N–H and O–H groups in total. The van der Waals surface area contributed by atoms with Gasteiger partial charge in [-0.05, 0) is 14.0 Å². The Balaban J connectivity index is 2.42. The van der Waals surface area contributed by atoms with E-state index in [-0.39, 0.29) is 0 Å². The smallest absolute Gasteiger partial charge is 0.0897 e. The first kappa shape index (κ1) is 7.69. The van der Waals surface area contributed by atoms with Crippen LogP contribution in [0.5, 0.6) is 0 Å². The van der Waals surface area contributed by atoms with Gasteiger partial charge in [-0.25, -0.2) is 4.98 Å². The van der Waals surface area contributed by atoms with Gasteiger partial charge in [-0.1, -0.05) is 0 Å². The van der Waals surface area contributed by atoms with Crippen molar-refractivity contribution in [2.75, 3.05) is 13.6 Å². The predicted molar refractivity (Wildman–Crippen MR) is 44.5 cm³/mol. The number of aromatic nitrogens is 1. The second-order valence-corrected chi connectivity index (χ2v) is 3.27. The SMILES string of the molecule is CNCCc1csc(C)n1. The lowest BCUT2D eigenvalue weighted by Crippen LogP contribution is -2.10. The molecule has 0 amide bonds. The van der Waals surface area contributed by atoms with E-state index in [1.54, 1.807) is 11.3 Å². The average Bonchev–Trinajstić information content (AvgIpc) is 2.31. The van der Waals surface area contributed by atoms with E-state index in [1.807, 2.05) is 14.0 Å². The lowest BCUT2D eigenvalue weighted by molar-refractivity contribution is 0.779. The zero-order valence-electron chi connectivity index (χ0n) is 6.35. The first-order valence-corrected chi connectivity index (χ1v) is 4.26. The third kappa shape index (κ3) is 2.08. The van der Waals surface area contributed by atoms with Crippen molar-refractivity contribution in [1.29, 1.82) is 0 Å². The van der Waals surface area contributed by atoms with E-state index >= 15 is 0 Å². The fourth-order valence-electron chi connectivity index (χ4n) is 0.776. The summed E-state index contributed by atoms with van der Waals surface area (Å²) in [4.78, 5) is 4.33. The van der Waals surface area contributed by atoms with Crippen molar-refractivity contribution in [3.8, 4) is 0 Å². The molecule has 1 rings (SSSR count). The van der Waals surface area contributed by atoms with E-state index in [2.05, 4.69) is 15.7 Å². The van der Waals surface area contributed by atoms with Crippen LogP contribution in [0.3, 0.4) is 0 Å². The normalized spacial score (nSPS) is 10.2. The highest BCUT2D eigenvalue weighted by molar-refractivity contribution is 7.09. The van der Waals surface area contributed by atoms with Gasteiger partial charge in [0.25, 0.3) is 0 Å². The van der Waals surface area contributed by atoms with Gasteiger partial charge in [0.15, 0.2) is 0 Å². The molecule has 0 aliphatic heterocycles. The molecule has 56 valence electrons. The molecule has 0 unspecified atom stereocenters. The van der Waals surface area contributed by atoms with Crippen molar-refractivity contribution < 1.29 is 0 Å². The Bertz CT molecular complexity index is 195. The van der Waals surface area contributed by atoms with Crippen LogP contribution in [0.4, 0.5) is 0 Å². The Morgan fingerprint density at radius 2 is 2.50 bits per heavy atom. The molecule has 0 radical (unpaired) electrons. The monoisotopic (exact) mass is 156 g/mol. The fraction of sp³-hybridized carbons (Fsp3) is 0.571. The topological polar surface area (TPSA) is 24.9 Å². The van der Waals surface area contributed by atoms with Gasteiger partial charge >= 0.3 is 0 Å². The Kier molecular flexibility index (Phi) is 2.83. The lowest BCUT2D eigenvalue weighted by atomic mass is 10.3. The van der Waals surface area contributed by atoms with Gasteiger partial charge in [0.05, 0.1) is 10.7 Å². The number of likely N-dealkylation sites (N-methyl/N-ethyl adjacent to an activating group) is 1. The van der Waals surface area contributed by atoms with E-state index in [9.17, 15) is 0 Å². The van der Waals surface area contributed by atoms with E-state index in [0.717, 1.165) is 18.0 Å². The first-order valence-electron chi connectivity index (χ1n) is 3.38. The number of aryl methyl sites for hydroxylation is 1. The van der Waals surface area contributed by atoms with Crippen molar-refractivity contribution in [3.63, 3.8) is 0 Å². The molecule has 10 heavy (non-hydrogen) atoms. The van der Waals surface area contributed by atoms with Crippen molar-refractivity contribution in [3.05, 3.63) is 16.1 Å². The number of hydrogen-bond donors (Lipinski definition) is 1. The summed E-state index contributed by atoms with van der Waals surface area (Å²) in [5.74, 6) is 0. The lowest BCUT2D eigenvalue weighted by Gasteiger charge is -1.92. The largest absolute Gasteiger partial charge is 0.319 e. The highest BCUT2D eigenvalue weighted by atomic mass is 32.1. The van der Waals surface area contributed by atoms with Crippen LogP contribution in [0.25, 0.3) is 0 Å². The molecule has 0 bridgehead atoms. The molecule has 0 saturated heterocycles. The van der Waals surface area contributed by atoms with Gasteiger partial charge in [0.1, 0.15) is 0 Å². The molecule has 0 saturated carbocycles. The zero-order chi connectivity index (χ0) is 7.40. The molecule has 0 spiro atoms. The number of thiazole rings is 1. The van der Waals surface area contributed by atoms with Gasteiger partial charge in [0, 0.05) is 18.3 Å².